The van der Waals surface area contributed by atoms with Crippen LogP contribution >= 0.6 is 0 Å². The fourth-order valence-corrected chi connectivity index (χ4v) is 1.35. The van der Waals surface area contributed by atoms with Crippen molar-refractivity contribution in [2.24, 2.45) is 0 Å². The first-order valence-corrected chi connectivity index (χ1v) is 4.18. The summed E-state index contributed by atoms with van der Waals surface area (Å²) in [6.45, 7) is 6.16. The molecule has 0 radical (unpaired) electrons. The summed E-state index contributed by atoms with van der Waals surface area (Å²) < 4.78 is 5.47. The van der Waals surface area contributed by atoms with E-state index in [1.807, 2.05) is 0 Å². The van der Waals surface area contributed by atoms with Gasteiger partial charge in [-0.1, -0.05) is 0 Å². The van der Waals surface area contributed by atoms with Crippen LogP contribution in [-0.2, 0) is 4.74 Å². The molecule has 1 rings (SSSR count). The Bertz CT molecular complexity index is 87.3. The molecule has 1 heterocycles. The molecule has 0 aromatic carbocycles. The molecule has 1 aliphatic heterocycles. The van der Waals surface area contributed by atoms with Crippen molar-refractivity contribution in [1.29, 1.82) is 0 Å². The van der Waals surface area contributed by atoms with Gasteiger partial charge in [-0.2, -0.15) is 0 Å². The van der Waals surface area contributed by atoms with E-state index in [0.29, 0.717) is 12.1 Å². The zero-order valence-electron chi connectivity index (χ0n) is 6.89. The van der Waals surface area contributed by atoms with E-state index in [1.54, 1.807) is 0 Å². The number of hydrogen-bond donors (Lipinski definition) is 1. The predicted octanol–water partition coefficient (Wildman–Crippen LogP) is 1.16. The average molecular weight is 143 g/mol. The third-order valence-electron chi connectivity index (χ3n) is 2.02. The zero-order valence-corrected chi connectivity index (χ0v) is 6.89. The van der Waals surface area contributed by atoms with Gasteiger partial charge in [-0.05, 0) is 26.7 Å². The highest BCUT2D eigenvalue weighted by Gasteiger charge is 2.16. The molecule has 2 nitrogen and oxygen atoms in total. The first kappa shape index (κ1) is 8.02. The molecule has 0 aromatic heterocycles. The summed E-state index contributed by atoms with van der Waals surface area (Å²) in [4.78, 5) is 0. The second kappa shape index (κ2) is 3.94. The van der Waals surface area contributed by atoms with Gasteiger partial charge in [0.05, 0.1) is 6.10 Å². The lowest BCUT2D eigenvalue weighted by Crippen LogP contribution is -2.40. The molecule has 0 bridgehead atoms. The monoisotopic (exact) mass is 143 g/mol. The van der Waals surface area contributed by atoms with Crippen LogP contribution < -0.4 is 5.32 Å². The Kier molecular flexibility index (Phi) is 3.16. The minimum absolute atomic E-state index is 0.473. The van der Waals surface area contributed by atoms with E-state index in [4.69, 9.17) is 4.74 Å². The highest BCUT2D eigenvalue weighted by molar-refractivity contribution is 4.74. The molecule has 2 heteroatoms. The van der Waals surface area contributed by atoms with Crippen molar-refractivity contribution in [2.75, 3.05) is 13.2 Å². The van der Waals surface area contributed by atoms with E-state index in [-0.39, 0.29) is 0 Å². The van der Waals surface area contributed by atoms with E-state index in [9.17, 15) is 0 Å². The summed E-state index contributed by atoms with van der Waals surface area (Å²) in [6, 6.07) is 0.691. The summed E-state index contributed by atoms with van der Waals surface area (Å²) in [7, 11) is 0. The second-order valence-corrected chi connectivity index (χ2v) is 2.96. The van der Waals surface area contributed by atoms with Crippen LogP contribution in [0.25, 0.3) is 0 Å². The average Bonchev–Trinajstić information content (AvgIpc) is 1.95. The lowest BCUT2D eigenvalue weighted by molar-refractivity contribution is 0.0390. The number of piperidine rings is 1. The smallest absolute Gasteiger partial charge is 0.0699 e. The van der Waals surface area contributed by atoms with E-state index in [0.717, 1.165) is 13.2 Å². The van der Waals surface area contributed by atoms with Crippen molar-refractivity contribution in [3.63, 3.8) is 0 Å². The Labute approximate surface area is 63.0 Å². The van der Waals surface area contributed by atoms with E-state index < -0.39 is 0 Å². The topological polar surface area (TPSA) is 21.3 Å². The first-order valence-electron chi connectivity index (χ1n) is 4.18. The van der Waals surface area contributed by atoms with Crippen molar-refractivity contribution in [3.05, 3.63) is 0 Å². The lowest BCUT2D eigenvalue weighted by Gasteiger charge is -2.27. The normalized spacial score (nSPS) is 34.2. The standard InChI is InChI=1S/C8H17NO/c1-3-10-8-5-4-7(2)9-6-8/h7-9H,3-6H2,1-2H3. The minimum atomic E-state index is 0.473. The quantitative estimate of drug-likeness (QED) is 0.626. The molecule has 10 heavy (non-hydrogen) atoms. The van der Waals surface area contributed by atoms with Crippen molar-refractivity contribution < 1.29 is 4.74 Å². The van der Waals surface area contributed by atoms with E-state index in [2.05, 4.69) is 19.2 Å². The van der Waals surface area contributed by atoms with Gasteiger partial charge in [0.1, 0.15) is 0 Å². The fraction of sp³-hybridized carbons (Fsp3) is 1.00. The first-order chi connectivity index (χ1) is 4.83. The van der Waals surface area contributed by atoms with Crippen LogP contribution in [0.3, 0.4) is 0 Å². The zero-order chi connectivity index (χ0) is 7.40. The maximum atomic E-state index is 5.47. The fourth-order valence-electron chi connectivity index (χ4n) is 1.35. The highest BCUT2D eigenvalue weighted by Crippen LogP contribution is 2.09. The third-order valence-corrected chi connectivity index (χ3v) is 2.02. The summed E-state index contributed by atoms with van der Waals surface area (Å²) in [5.74, 6) is 0. The molecule has 1 N–H and O–H groups in total. The van der Waals surface area contributed by atoms with Gasteiger partial charge in [0.15, 0.2) is 0 Å². The maximum absolute atomic E-state index is 5.47. The van der Waals surface area contributed by atoms with Crippen molar-refractivity contribution in [2.45, 2.75) is 38.8 Å². The summed E-state index contributed by atoms with van der Waals surface area (Å²) in [5, 5.41) is 3.39. The Balaban J connectivity index is 2.13. The molecule has 0 spiro atoms. The van der Waals surface area contributed by atoms with Crippen LogP contribution in [0.5, 0.6) is 0 Å². The van der Waals surface area contributed by atoms with Gasteiger partial charge >= 0.3 is 0 Å². The van der Waals surface area contributed by atoms with Crippen molar-refractivity contribution in [3.8, 4) is 0 Å². The third kappa shape index (κ3) is 2.27. The van der Waals surface area contributed by atoms with Gasteiger partial charge < -0.3 is 10.1 Å². The highest BCUT2D eigenvalue weighted by atomic mass is 16.5. The summed E-state index contributed by atoms with van der Waals surface area (Å²) in [6.07, 6.45) is 2.95. The number of ether oxygens (including phenoxy) is 1. The number of rotatable bonds is 2. The summed E-state index contributed by atoms with van der Waals surface area (Å²) in [5.41, 5.74) is 0. The van der Waals surface area contributed by atoms with Gasteiger partial charge in [0.25, 0.3) is 0 Å². The van der Waals surface area contributed by atoms with E-state index >= 15 is 0 Å². The second-order valence-electron chi connectivity index (χ2n) is 2.96. The molecule has 0 saturated carbocycles. The Hall–Kier alpha value is -0.0800. The molecule has 0 aliphatic carbocycles. The molecule has 1 saturated heterocycles. The molecule has 2 unspecified atom stereocenters. The van der Waals surface area contributed by atoms with Crippen LogP contribution in [-0.4, -0.2) is 25.3 Å². The Morgan fingerprint density at radius 1 is 1.50 bits per heavy atom. The van der Waals surface area contributed by atoms with Crippen LogP contribution in [0.4, 0.5) is 0 Å². The number of nitrogens with one attached hydrogen (secondary N) is 1. The number of hydrogen-bond acceptors (Lipinski definition) is 2. The van der Waals surface area contributed by atoms with E-state index in [1.165, 1.54) is 12.8 Å². The van der Waals surface area contributed by atoms with Crippen molar-refractivity contribution >= 4 is 0 Å². The van der Waals surface area contributed by atoms with Crippen LogP contribution in [0.1, 0.15) is 26.7 Å². The summed E-state index contributed by atoms with van der Waals surface area (Å²) >= 11 is 0. The van der Waals surface area contributed by atoms with Gasteiger partial charge in [-0.25, -0.2) is 0 Å². The molecular weight excluding hydrogens is 126 g/mol. The van der Waals surface area contributed by atoms with Crippen LogP contribution in [0.2, 0.25) is 0 Å². The maximum Gasteiger partial charge on any atom is 0.0699 e. The molecule has 0 amide bonds. The minimum Gasteiger partial charge on any atom is -0.377 e. The molecule has 1 fully saturated rings. The lowest BCUT2D eigenvalue weighted by atomic mass is 10.0. The van der Waals surface area contributed by atoms with Crippen LogP contribution in [0.15, 0.2) is 0 Å². The Morgan fingerprint density at radius 3 is 2.80 bits per heavy atom. The van der Waals surface area contributed by atoms with Gasteiger partial charge in [0, 0.05) is 19.2 Å². The molecule has 2 atom stereocenters. The SMILES string of the molecule is CCOC1CCC(C)NC1. The predicted molar refractivity (Wildman–Crippen MR) is 42.1 cm³/mol. The van der Waals surface area contributed by atoms with Gasteiger partial charge in [0.2, 0.25) is 0 Å². The van der Waals surface area contributed by atoms with Crippen LogP contribution in [0, 0.1) is 0 Å². The van der Waals surface area contributed by atoms with Gasteiger partial charge in [-0.15, -0.1) is 0 Å². The Morgan fingerprint density at radius 2 is 2.30 bits per heavy atom. The molecule has 0 aromatic rings. The molecule has 60 valence electrons. The molecular formula is C8H17NO. The molecule has 1 aliphatic rings. The van der Waals surface area contributed by atoms with Gasteiger partial charge in [-0.3, -0.25) is 0 Å². The largest absolute Gasteiger partial charge is 0.377 e. The van der Waals surface area contributed by atoms with Crippen molar-refractivity contribution in [1.82, 2.24) is 5.32 Å².